The molecule has 2 aliphatic heterocycles. The summed E-state index contributed by atoms with van der Waals surface area (Å²) in [5.74, 6) is 2.07. The highest BCUT2D eigenvalue weighted by Gasteiger charge is 2.20. The summed E-state index contributed by atoms with van der Waals surface area (Å²) in [4.78, 5) is 16.3. The molecule has 2 saturated heterocycles. The van der Waals surface area contributed by atoms with E-state index in [0.717, 1.165) is 69.8 Å². The first-order valence-electron chi connectivity index (χ1n) is 11.1. The minimum atomic E-state index is 0.759. The molecule has 0 saturated carbocycles. The van der Waals surface area contributed by atoms with E-state index < -0.39 is 0 Å². The van der Waals surface area contributed by atoms with Gasteiger partial charge in [-0.2, -0.15) is 0 Å². The smallest absolute Gasteiger partial charge is 0.194 e. The topological polar surface area (TPSA) is 73.0 Å². The second-order valence-corrected chi connectivity index (χ2v) is 8.08. The number of pyridine rings is 1. The van der Waals surface area contributed by atoms with Gasteiger partial charge in [0, 0.05) is 71.7 Å². The molecule has 8 nitrogen and oxygen atoms in total. The molecule has 1 N–H and O–H groups in total. The molecule has 0 aliphatic carbocycles. The summed E-state index contributed by atoms with van der Waals surface area (Å²) in [6, 6.07) is 6.25. The Morgan fingerprint density at radius 3 is 2.57 bits per heavy atom. The zero-order valence-corrected chi connectivity index (χ0v) is 18.0. The molecule has 0 aromatic carbocycles. The molecule has 2 aliphatic rings. The van der Waals surface area contributed by atoms with Gasteiger partial charge < -0.3 is 19.6 Å². The molecule has 30 heavy (non-hydrogen) atoms. The van der Waals surface area contributed by atoms with Gasteiger partial charge in [0.2, 0.25) is 0 Å². The van der Waals surface area contributed by atoms with Gasteiger partial charge in [0.15, 0.2) is 5.96 Å². The van der Waals surface area contributed by atoms with E-state index in [1.165, 1.54) is 31.2 Å². The number of nitrogens with zero attached hydrogens (tertiary/aromatic N) is 6. The molecule has 162 valence electrons. The predicted molar refractivity (Wildman–Crippen MR) is 118 cm³/mol. The predicted octanol–water partition coefficient (Wildman–Crippen LogP) is 2.34. The Hall–Kier alpha value is -2.61. The van der Waals surface area contributed by atoms with Gasteiger partial charge in [0.25, 0.3) is 0 Å². The van der Waals surface area contributed by atoms with Crippen molar-refractivity contribution in [1.82, 2.24) is 25.3 Å². The van der Waals surface area contributed by atoms with Crippen LogP contribution in [0.25, 0.3) is 0 Å². The van der Waals surface area contributed by atoms with Crippen LogP contribution in [0.2, 0.25) is 0 Å². The van der Waals surface area contributed by atoms with Crippen molar-refractivity contribution in [2.24, 2.45) is 4.99 Å². The summed E-state index contributed by atoms with van der Waals surface area (Å²) in [7, 11) is 1.86. The number of nitrogens with one attached hydrogen (secondary N) is 1. The average molecular weight is 412 g/mol. The molecule has 4 heterocycles. The Morgan fingerprint density at radius 1 is 1.07 bits per heavy atom. The molecule has 2 aromatic rings. The third-order valence-electron chi connectivity index (χ3n) is 5.95. The van der Waals surface area contributed by atoms with E-state index in [9.17, 15) is 0 Å². The number of aromatic nitrogens is 2. The molecule has 0 atom stereocenters. The summed E-state index contributed by atoms with van der Waals surface area (Å²) in [6.45, 7) is 7.71. The Labute approximate surface area is 178 Å². The third-order valence-corrected chi connectivity index (χ3v) is 5.95. The molecule has 0 unspecified atom stereocenters. The summed E-state index contributed by atoms with van der Waals surface area (Å²) >= 11 is 0. The van der Waals surface area contributed by atoms with Gasteiger partial charge in [-0.15, -0.1) is 0 Å². The van der Waals surface area contributed by atoms with Gasteiger partial charge in [-0.1, -0.05) is 18.0 Å². The first-order chi connectivity index (χ1) is 14.8. The number of rotatable bonds is 5. The Balaban J connectivity index is 1.28. The van der Waals surface area contributed by atoms with E-state index in [0.29, 0.717) is 0 Å². The van der Waals surface area contributed by atoms with E-state index in [4.69, 9.17) is 4.52 Å². The standard InChI is InChI=1S/C22H33N7O/c1-23-22(29-13-11-27(12-14-29)18-20-7-15-30-26-20)25-17-19-6-8-24-21(16-19)28-9-4-2-3-5-10-28/h6-8,15-16H,2-5,9-14,17-18H2,1H3,(H,23,25). The van der Waals surface area contributed by atoms with Gasteiger partial charge in [0.05, 0.1) is 5.69 Å². The summed E-state index contributed by atoms with van der Waals surface area (Å²) < 4.78 is 4.94. The highest BCUT2D eigenvalue weighted by molar-refractivity contribution is 5.80. The second kappa shape index (κ2) is 10.4. The molecular formula is C22H33N7O. The second-order valence-electron chi connectivity index (χ2n) is 8.08. The zero-order chi connectivity index (χ0) is 20.6. The van der Waals surface area contributed by atoms with Gasteiger partial charge in [-0.05, 0) is 30.5 Å². The van der Waals surface area contributed by atoms with Crippen LogP contribution in [0, 0.1) is 0 Å². The highest BCUT2D eigenvalue weighted by Crippen LogP contribution is 2.18. The molecule has 0 spiro atoms. The Kier molecular flexibility index (Phi) is 7.18. The van der Waals surface area contributed by atoms with Crippen molar-refractivity contribution in [3.8, 4) is 0 Å². The lowest BCUT2D eigenvalue weighted by Gasteiger charge is -2.36. The maximum absolute atomic E-state index is 4.94. The van der Waals surface area contributed by atoms with Crippen LogP contribution < -0.4 is 10.2 Å². The first-order valence-corrected chi connectivity index (χ1v) is 11.1. The fourth-order valence-electron chi connectivity index (χ4n) is 4.22. The third kappa shape index (κ3) is 5.50. The molecular weight excluding hydrogens is 378 g/mol. The van der Waals surface area contributed by atoms with Crippen molar-refractivity contribution in [3.63, 3.8) is 0 Å². The minimum absolute atomic E-state index is 0.759. The molecule has 4 rings (SSSR count). The van der Waals surface area contributed by atoms with Crippen molar-refractivity contribution in [2.45, 2.75) is 38.8 Å². The maximum atomic E-state index is 4.94. The van der Waals surface area contributed by atoms with Gasteiger partial charge in [0.1, 0.15) is 12.1 Å². The fraction of sp³-hybridized carbons (Fsp3) is 0.591. The fourth-order valence-corrected chi connectivity index (χ4v) is 4.22. The number of anilines is 1. The van der Waals surface area contributed by atoms with Crippen molar-refractivity contribution in [3.05, 3.63) is 41.9 Å². The molecule has 8 heteroatoms. The van der Waals surface area contributed by atoms with Crippen LogP contribution in [0.15, 0.2) is 40.2 Å². The van der Waals surface area contributed by atoms with E-state index in [1.54, 1.807) is 6.26 Å². The lowest BCUT2D eigenvalue weighted by atomic mass is 10.2. The van der Waals surface area contributed by atoms with E-state index in [-0.39, 0.29) is 0 Å². The largest absolute Gasteiger partial charge is 0.364 e. The highest BCUT2D eigenvalue weighted by atomic mass is 16.5. The van der Waals surface area contributed by atoms with E-state index >= 15 is 0 Å². The minimum Gasteiger partial charge on any atom is -0.364 e. The van der Waals surface area contributed by atoms with Gasteiger partial charge in [-0.25, -0.2) is 4.98 Å². The van der Waals surface area contributed by atoms with Gasteiger partial charge in [-0.3, -0.25) is 9.89 Å². The summed E-state index contributed by atoms with van der Waals surface area (Å²) in [6.07, 6.45) is 8.76. The number of hydrogen-bond acceptors (Lipinski definition) is 6. The maximum Gasteiger partial charge on any atom is 0.194 e. The number of hydrogen-bond donors (Lipinski definition) is 1. The Bertz CT molecular complexity index is 792. The van der Waals surface area contributed by atoms with Crippen LogP contribution in [0.3, 0.4) is 0 Å². The van der Waals surface area contributed by atoms with Crippen molar-refractivity contribution in [2.75, 3.05) is 51.2 Å². The van der Waals surface area contributed by atoms with Crippen molar-refractivity contribution >= 4 is 11.8 Å². The normalized spacial score (nSPS) is 19.0. The summed E-state index contributed by atoms with van der Waals surface area (Å²) in [5.41, 5.74) is 2.24. The van der Waals surface area contributed by atoms with Crippen molar-refractivity contribution in [1.29, 1.82) is 0 Å². The van der Waals surface area contributed by atoms with Crippen LogP contribution in [-0.4, -0.2) is 72.2 Å². The van der Waals surface area contributed by atoms with Crippen LogP contribution >= 0.6 is 0 Å². The molecule has 2 fully saturated rings. The lowest BCUT2D eigenvalue weighted by Crippen LogP contribution is -2.52. The Morgan fingerprint density at radius 2 is 1.87 bits per heavy atom. The number of piperazine rings is 1. The number of guanidine groups is 1. The average Bonchev–Trinajstić information content (AvgIpc) is 3.14. The first kappa shape index (κ1) is 20.7. The molecule has 0 radical (unpaired) electrons. The van der Waals surface area contributed by atoms with Crippen molar-refractivity contribution < 1.29 is 4.52 Å². The zero-order valence-electron chi connectivity index (χ0n) is 18.0. The number of aliphatic imine (C=N–C) groups is 1. The monoisotopic (exact) mass is 411 g/mol. The summed E-state index contributed by atoms with van der Waals surface area (Å²) in [5, 5.41) is 7.56. The van der Waals surface area contributed by atoms with Crippen LogP contribution in [0.1, 0.15) is 36.9 Å². The molecule has 0 bridgehead atoms. The van der Waals surface area contributed by atoms with E-state index in [1.807, 2.05) is 19.3 Å². The van der Waals surface area contributed by atoms with Crippen LogP contribution in [-0.2, 0) is 13.1 Å². The van der Waals surface area contributed by atoms with Gasteiger partial charge >= 0.3 is 0 Å². The SMILES string of the molecule is CN=C(NCc1ccnc(N2CCCCCC2)c1)N1CCN(Cc2ccon2)CC1. The molecule has 0 amide bonds. The van der Waals surface area contributed by atoms with E-state index in [2.05, 4.69) is 47.3 Å². The lowest BCUT2D eigenvalue weighted by molar-refractivity contribution is 0.169. The van der Waals surface area contributed by atoms with Crippen LogP contribution in [0.5, 0.6) is 0 Å². The molecule has 2 aromatic heterocycles. The van der Waals surface area contributed by atoms with Crippen LogP contribution in [0.4, 0.5) is 5.82 Å². The quantitative estimate of drug-likeness (QED) is 0.598.